The molecule has 10 heteroatoms. The summed E-state index contributed by atoms with van der Waals surface area (Å²) in [4.78, 5) is 27.0. The normalized spacial score (nSPS) is 11.3. The Morgan fingerprint density at radius 1 is 1.32 bits per heavy atom. The zero-order valence-electron chi connectivity index (χ0n) is 11.0. The number of H-pyrrole nitrogens is 1. The number of benzene rings is 1. The van der Waals surface area contributed by atoms with Gasteiger partial charge in [0.1, 0.15) is 5.82 Å². The number of rotatable bonds is 3. The lowest BCUT2D eigenvalue weighted by atomic mass is 10.3. The lowest BCUT2D eigenvalue weighted by molar-refractivity contribution is -0.385. The molecule has 0 aliphatic heterocycles. The van der Waals surface area contributed by atoms with Crippen LogP contribution in [0.3, 0.4) is 0 Å². The van der Waals surface area contributed by atoms with Crippen LogP contribution in [0.25, 0.3) is 0 Å². The van der Waals surface area contributed by atoms with Gasteiger partial charge in [-0.15, -0.1) is 0 Å². The number of aromatic nitrogens is 2. The molecule has 2 rings (SSSR count). The van der Waals surface area contributed by atoms with Crippen LogP contribution in [-0.2, 0) is 6.18 Å². The third kappa shape index (κ3) is 3.05. The van der Waals surface area contributed by atoms with Gasteiger partial charge in [0.05, 0.1) is 4.92 Å². The molecule has 1 heterocycles. The van der Waals surface area contributed by atoms with E-state index in [1.807, 2.05) is 0 Å². The van der Waals surface area contributed by atoms with E-state index < -0.39 is 39.5 Å². The summed E-state index contributed by atoms with van der Waals surface area (Å²) in [7, 11) is 0. The average molecular weight is 315 g/mol. The summed E-state index contributed by atoms with van der Waals surface area (Å²) >= 11 is 0. The Labute approximate surface area is 120 Å². The van der Waals surface area contributed by atoms with E-state index >= 15 is 0 Å². The number of nitro benzene ring substituents is 1. The number of aromatic amines is 1. The number of nitrogens with zero attached hydrogens (tertiary/aromatic N) is 2. The van der Waals surface area contributed by atoms with Crippen LogP contribution in [0, 0.1) is 17.0 Å². The molecule has 0 aliphatic rings. The Kier molecular flexibility index (Phi) is 3.85. The predicted octanol–water partition coefficient (Wildman–Crippen LogP) is 2.80. The molecule has 0 unspecified atom stereocenters. The summed E-state index contributed by atoms with van der Waals surface area (Å²) in [6.07, 6.45) is -4.95. The summed E-state index contributed by atoms with van der Waals surface area (Å²) in [5.74, 6) is -1.89. The minimum absolute atomic E-state index is 0.257. The highest BCUT2D eigenvalue weighted by atomic mass is 19.4. The van der Waals surface area contributed by atoms with E-state index in [9.17, 15) is 28.1 Å². The van der Waals surface area contributed by atoms with E-state index in [-0.39, 0.29) is 5.82 Å². The first-order chi connectivity index (χ1) is 10.2. The minimum Gasteiger partial charge on any atom is -0.442 e. The summed E-state index contributed by atoms with van der Waals surface area (Å²) in [6, 6.07) is 4.76. The first-order valence-corrected chi connectivity index (χ1v) is 5.79. The Hall–Kier alpha value is -2.91. The van der Waals surface area contributed by atoms with Gasteiger partial charge in [0.2, 0.25) is 11.5 Å². The topological polar surface area (TPSA) is 98.1 Å². The van der Waals surface area contributed by atoms with Crippen molar-refractivity contribution in [2.75, 3.05) is 0 Å². The molecule has 7 nitrogen and oxygen atoms in total. The first kappa shape index (κ1) is 15.5. The van der Waals surface area contributed by atoms with E-state index in [0.717, 1.165) is 12.1 Å². The van der Waals surface area contributed by atoms with Crippen LogP contribution >= 0.6 is 0 Å². The number of hydrogen-bond acceptors (Lipinski definition) is 5. The van der Waals surface area contributed by atoms with E-state index in [0.29, 0.717) is 0 Å². The summed E-state index contributed by atoms with van der Waals surface area (Å²) in [6.45, 7) is 1.17. The second-order valence-electron chi connectivity index (χ2n) is 4.15. The average Bonchev–Trinajstić information content (AvgIpc) is 2.40. The summed E-state index contributed by atoms with van der Waals surface area (Å²) < 4.78 is 43.7. The first-order valence-electron chi connectivity index (χ1n) is 5.79. The molecular weight excluding hydrogens is 307 g/mol. The largest absolute Gasteiger partial charge is 0.442 e. The second kappa shape index (κ2) is 5.47. The molecule has 0 bridgehead atoms. The van der Waals surface area contributed by atoms with Crippen LogP contribution in [0.1, 0.15) is 11.5 Å². The molecule has 116 valence electrons. The van der Waals surface area contributed by atoms with Crippen LogP contribution in [0.5, 0.6) is 11.5 Å². The van der Waals surface area contributed by atoms with Crippen LogP contribution in [0.2, 0.25) is 0 Å². The van der Waals surface area contributed by atoms with Gasteiger partial charge in [0.15, 0.2) is 5.69 Å². The standard InChI is InChI=1S/C12H8F3N3O4/c1-6-16-10(12(13,14)15)9(11(19)17-6)22-8-5-3-2-4-7(8)18(20)21/h2-5H,1H3,(H,16,17,19). The molecule has 1 aromatic heterocycles. The molecule has 0 fully saturated rings. The maximum atomic E-state index is 12.9. The Bertz CT molecular complexity index is 786. The van der Waals surface area contributed by atoms with Crippen molar-refractivity contribution in [2.24, 2.45) is 0 Å². The van der Waals surface area contributed by atoms with Crippen LogP contribution in [-0.4, -0.2) is 14.9 Å². The minimum atomic E-state index is -4.95. The van der Waals surface area contributed by atoms with Crippen LogP contribution in [0.4, 0.5) is 18.9 Å². The lowest BCUT2D eigenvalue weighted by Gasteiger charge is -2.12. The number of alkyl halides is 3. The summed E-state index contributed by atoms with van der Waals surface area (Å²) in [5, 5.41) is 10.8. The third-order valence-corrected chi connectivity index (χ3v) is 2.54. The van der Waals surface area contributed by atoms with E-state index in [2.05, 4.69) is 9.97 Å². The highest BCUT2D eigenvalue weighted by Gasteiger charge is 2.39. The van der Waals surface area contributed by atoms with Crippen molar-refractivity contribution in [3.8, 4) is 11.5 Å². The van der Waals surface area contributed by atoms with Crippen molar-refractivity contribution in [3.05, 3.63) is 56.3 Å². The van der Waals surface area contributed by atoms with Gasteiger partial charge in [-0.1, -0.05) is 12.1 Å². The van der Waals surface area contributed by atoms with E-state index in [1.54, 1.807) is 0 Å². The molecule has 0 atom stereocenters. The number of nitrogens with one attached hydrogen (secondary N) is 1. The molecular formula is C12H8F3N3O4. The Balaban J connectivity index is 2.60. The molecule has 0 aliphatic carbocycles. The van der Waals surface area contributed by atoms with E-state index in [4.69, 9.17) is 4.74 Å². The van der Waals surface area contributed by atoms with Gasteiger partial charge in [-0.2, -0.15) is 13.2 Å². The molecule has 0 radical (unpaired) electrons. The molecule has 0 spiro atoms. The van der Waals surface area contributed by atoms with Crippen LogP contribution < -0.4 is 10.3 Å². The fourth-order valence-corrected chi connectivity index (χ4v) is 1.67. The third-order valence-electron chi connectivity index (χ3n) is 2.54. The highest BCUT2D eigenvalue weighted by molar-refractivity contribution is 5.48. The summed E-state index contributed by atoms with van der Waals surface area (Å²) in [5.41, 5.74) is -3.31. The van der Waals surface area contributed by atoms with Gasteiger partial charge < -0.3 is 9.72 Å². The van der Waals surface area contributed by atoms with Gasteiger partial charge in [0.25, 0.3) is 5.56 Å². The number of nitro groups is 1. The predicted molar refractivity (Wildman–Crippen MR) is 67.8 cm³/mol. The van der Waals surface area contributed by atoms with Gasteiger partial charge in [0, 0.05) is 6.07 Å². The molecule has 2 aromatic rings. The van der Waals surface area contributed by atoms with Gasteiger partial charge >= 0.3 is 11.9 Å². The fourth-order valence-electron chi connectivity index (χ4n) is 1.67. The smallest absolute Gasteiger partial charge is 0.437 e. The zero-order chi connectivity index (χ0) is 16.5. The van der Waals surface area contributed by atoms with Crippen molar-refractivity contribution in [1.29, 1.82) is 0 Å². The van der Waals surface area contributed by atoms with Crippen molar-refractivity contribution in [2.45, 2.75) is 13.1 Å². The number of ether oxygens (including phenoxy) is 1. The highest BCUT2D eigenvalue weighted by Crippen LogP contribution is 2.36. The van der Waals surface area contributed by atoms with Crippen molar-refractivity contribution in [1.82, 2.24) is 9.97 Å². The second-order valence-corrected chi connectivity index (χ2v) is 4.15. The fraction of sp³-hybridized carbons (Fsp3) is 0.167. The number of para-hydroxylation sites is 2. The van der Waals surface area contributed by atoms with Gasteiger partial charge in [-0.25, -0.2) is 4.98 Å². The molecule has 22 heavy (non-hydrogen) atoms. The van der Waals surface area contributed by atoms with Gasteiger partial charge in [-0.05, 0) is 13.0 Å². The molecule has 1 N–H and O–H groups in total. The lowest BCUT2D eigenvalue weighted by Crippen LogP contribution is -2.21. The number of halogens is 3. The van der Waals surface area contributed by atoms with Crippen molar-refractivity contribution in [3.63, 3.8) is 0 Å². The number of hydrogen-bond donors (Lipinski definition) is 1. The monoisotopic (exact) mass is 315 g/mol. The molecule has 0 amide bonds. The van der Waals surface area contributed by atoms with Crippen molar-refractivity contribution < 1.29 is 22.8 Å². The van der Waals surface area contributed by atoms with E-state index in [1.165, 1.54) is 19.1 Å². The van der Waals surface area contributed by atoms with Crippen LogP contribution in [0.15, 0.2) is 29.1 Å². The maximum Gasteiger partial charge on any atom is 0.437 e. The quantitative estimate of drug-likeness (QED) is 0.693. The molecule has 1 aromatic carbocycles. The van der Waals surface area contributed by atoms with Gasteiger partial charge in [-0.3, -0.25) is 14.9 Å². The maximum absolute atomic E-state index is 12.9. The molecule has 0 saturated carbocycles. The zero-order valence-corrected chi connectivity index (χ0v) is 11.0. The number of aryl methyl sites for hydroxylation is 1. The SMILES string of the molecule is Cc1nc(C(F)(F)F)c(Oc2ccccc2[N+](=O)[O-])c(=O)[nH]1. The molecule has 0 saturated heterocycles. The Morgan fingerprint density at radius 2 is 1.95 bits per heavy atom. The Morgan fingerprint density at radius 3 is 2.55 bits per heavy atom. The van der Waals surface area contributed by atoms with Crippen molar-refractivity contribution >= 4 is 5.69 Å².